The van der Waals surface area contributed by atoms with E-state index in [2.05, 4.69) is 26.3 Å². The van der Waals surface area contributed by atoms with Gasteiger partial charge in [-0.2, -0.15) is 5.10 Å². The molecule has 0 saturated heterocycles. The van der Waals surface area contributed by atoms with Crippen molar-refractivity contribution < 1.29 is 4.79 Å². The maximum Gasteiger partial charge on any atom is 0.226 e. The molecule has 0 fully saturated rings. The number of amides is 1. The number of carbonyl (C=O) groups is 1. The van der Waals surface area contributed by atoms with Crippen LogP contribution in [0.5, 0.6) is 0 Å². The highest BCUT2D eigenvalue weighted by Gasteiger charge is 2.03. The molecule has 17 heavy (non-hydrogen) atoms. The summed E-state index contributed by atoms with van der Waals surface area (Å²) in [6.07, 6.45) is 3.95. The summed E-state index contributed by atoms with van der Waals surface area (Å²) < 4.78 is 2.65. The van der Waals surface area contributed by atoms with Crippen LogP contribution in [0, 0.1) is 0 Å². The monoisotopic (exact) mass is 293 g/mol. The summed E-state index contributed by atoms with van der Waals surface area (Å²) in [5, 5.41) is 6.91. The van der Waals surface area contributed by atoms with Crippen LogP contribution in [-0.4, -0.2) is 15.7 Å². The van der Waals surface area contributed by atoms with Gasteiger partial charge >= 0.3 is 0 Å². The fourth-order valence-corrected chi connectivity index (χ4v) is 1.75. The summed E-state index contributed by atoms with van der Waals surface area (Å²) in [6, 6.07) is 9.42. The average molecular weight is 294 g/mol. The molecule has 1 aromatic heterocycles. The molecule has 1 N–H and O–H groups in total. The number of aryl methyl sites for hydroxylation is 1. The van der Waals surface area contributed by atoms with Crippen molar-refractivity contribution in [2.75, 3.05) is 5.32 Å². The van der Waals surface area contributed by atoms with Crippen molar-refractivity contribution in [3.05, 3.63) is 47.2 Å². The minimum absolute atomic E-state index is 0.0113. The Bertz CT molecular complexity index is 495. The van der Waals surface area contributed by atoms with E-state index >= 15 is 0 Å². The van der Waals surface area contributed by atoms with E-state index < -0.39 is 0 Å². The van der Waals surface area contributed by atoms with E-state index in [4.69, 9.17) is 0 Å². The first-order chi connectivity index (χ1) is 8.24. The van der Waals surface area contributed by atoms with Crippen LogP contribution in [0.25, 0.3) is 0 Å². The van der Waals surface area contributed by atoms with Crippen molar-refractivity contribution in [3.8, 4) is 0 Å². The van der Waals surface area contributed by atoms with Gasteiger partial charge < -0.3 is 5.32 Å². The zero-order valence-corrected chi connectivity index (χ0v) is 10.7. The van der Waals surface area contributed by atoms with Crippen molar-refractivity contribution in [3.63, 3.8) is 0 Å². The molecule has 0 saturated carbocycles. The number of rotatable bonds is 4. The van der Waals surface area contributed by atoms with E-state index in [1.807, 2.05) is 36.5 Å². The largest absolute Gasteiger partial charge is 0.326 e. The molecule has 0 unspecified atom stereocenters. The Hall–Kier alpha value is -1.62. The Balaban J connectivity index is 1.82. The van der Waals surface area contributed by atoms with Crippen LogP contribution in [0.4, 0.5) is 5.69 Å². The third-order valence-electron chi connectivity index (χ3n) is 2.23. The molecule has 0 bridgehead atoms. The van der Waals surface area contributed by atoms with Crippen molar-refractivity contribution in [2.45, 2.75) is 13.0 Å². The van der Waals surface area contributed by atoms with Gasteiger partial charge in [-0.25, -0.2) is 0 Å². The molecular formula is C12H12BrN3O. The van der Waals surface area contributed by atoms with Crippen LogP contribution in [0.2, 0.25) is 0 Å². The van der Waals surface area contributed by atoms with Crippen molar-refractivity contribution >= 4 is 27.5 Å². The molecule has 1 amide bonds. The van der Waals surface area contributed by atoms with Crippen LogP contribution in [0.1, 0.15) is 6.42 Å². The summed E-state index contributed by atoms with van der Waals surface area (Å²) >= 11 is 3.31. The lowest BCUT2D eigenvalue weighted by atomic mass is 10.3. The fourth-order valence-electron chi connectivity index (χ4n) is 1.42. The zero-order valence-electron chi connectivity index (χ0n) is 9.14. The van der Waals surface area contributed by atoms with E-state index in [0.29, 0.717) is 13.0 Å². The van der Waals surface area contributed by atoms with Crippen molar-refractivity contribution in [1.29, 1.82) is 0 Å². The molecule has 2 aromatic rings. The lowest BCUT2D eigenvalue weighted by molar-refractivity contribution is -0.116. The third kappa shape index (κ3) is 3.71. The summed E-state index contributed by atoms with van der Waals surface area (Å²) in [4.78, 5) is 11.6. The van der Waals surface area contributed by atoms with Gasteiger partial charge in [-0.15, -0.1) is 0 Å². The minimum atomic E-state index is -0.0113. The molecule has 2 rings (SSSR count). The van der Waals surface area contributed by atoms with Crippen LogP contribution in [0.3, 0.4) is 0 Å². The van der Waals surface area contributed by atoms with Gasteiger partial charge in [0.2, 0.25) is 5.91 Å². The van der Waals surface area contributed by atoms with Crippen LogP contribution < -0.4 is 5.32 Å². The SMILES string of the molecule is O=C(CCn1cc(Br)cn1)Nc1ccccc1. The lowest BCUT2D eigenvalue weighted by Gasteiger charge is -2.04. The number of halogens is 1. The first-order valence-electron chi connectivity index (χ1n) is 5.27. The summed E-state index contributed by atoms with van der Waals surface area (Å²) in [5.74, 6) is -0.0113. The smallest absolute Gasteiger partial charge is 0.226 e. The number of nitrogens with zero attached hydrogens (tertiary/aromatic N) is 2. The highest BCUT2D eigenvalue weighted by Crippen LogP contribution is 2.08. The third-order valence-corrected chi connectivity index (χ3v) is 2.64. The highest BCUT2D eigenvalue weighted by atomic mass is 79.9. The molecular weight excluding hydrogens is 282 g/mol. The first-order valence-corrected chi connectivity index (χ1v) is 6.06. The molecule has 88 valence electrons. The molecule has 0 aliphatic rings. The van der Waals surface area contributed by atoms with Gasteiger partial charge in [-0.05, 0) is 28.1 Å². The number of para-hydroxylation sites is 1. The second-order valence-electron chi connectivity index (χ2n) is 3.59. The molecule has 1 heterocycles. The van der Waals surface area contributed by atoms with E-state index in [-0.39, 0.29) is 5.91 Å². The van der Waals surface area contributed by atoms with Gasteiger partial charge in [0.25, 0.3) is 0 Å². The van der Waals surface area contributed by atoms with Gasteiger partial charge in [0.1, 0.15) is 0 Å². The summed E-state index contributed by atoms with van der Waals surface area (Å²) in [5.41, 5.74) is 0.819. The standard InChI is InChI=1S/C12H12BrN3O/c13-10-8-14-16(9-10)7-6-12(17)15-11-4-2-1-3-5-11/h1-5,8-9H,6-7H2,(H,15,17). The van der Waals surface area contributed by atoms with Crippen LogP contribution in [-0.2, 0) is 11.3 Å². The van der Waals surface area contributed by atoms with Gasteiger partial charge in [0.15, 0.2) is 0 Å². The Morgan fingerprint density at radius 1 is 1.35 bits per heavy atom. The van der Waals surface area contributed by atoms with Crippen LogP contribution in [0.15, 0.2) is 47.2 Å². The molecule has 0 radical (unpaired) electrons. The lowest BCUT2D eigenvalue weighted by Crippen LogP contribution is -2.14. The van der Waals surface area contributed by atoms with E-state index in [1.54, 1.807) is 10.9 Å². The predicted octanol–water partition coefficient (Wildman–Crippen LogP) is 2.67. The number of carbonyl (C=O) groups excluding carboxylic acids is 1. The molecule has 5 heteroatoms. The zero-order chi connectivity index (χ0) is 12.1. The Kier molecular flexibility index (Phi) is 3.93. The number of nitrogens with one attached hydrogen (secondary N) is 1. The normalized spacial score (nSPS) is 10.2. The summed E-state index contributed by atoms with van der Waals surface area (Å²) in [6.45, 7) is 0.574. The fraction of sp³-hybridized carbons (Fsp3) is 0.167. The summed E-state index contributed by atoms with van der Waals surface area (Å²) in [7, 11) is 0. The van der Waals surface area contributed by atoms with Crippen molar-refractivity contribution in [2.24, 2.45) is 0 Å². The van der Waals surface area contributed by atoms with Gasteiger partial charge in [0.05, 0.1) is 10.7 Å². The molecule has 0 spiro atoms. The minimum Gasteiger partial charge on any atom is -0.326 e. The Labute approximate surface area is 108 Å². The maximum atomic E-state index is 11.6. The van der Waals surface area contributed by atoms with Gasteiger partial charge in [-0.3, -0.25) is 9.48 Å². The highest BCUT2D eigenvalue weighted by molar-refractivity contribution is 9.10. The first kappa shape index (κ1) is 11.9. The van der Waals surface area contributed by atoms with Gasteiger partial charge in [-0.1, -0.05) is 18.2 Å². The Morgan fingerprint density at radius 3 is 2.76 bits per heavy atom. The topological polar surface area (TPSA) is 46.9 Å². The van der Waals surface area contributed by atoms with E-state index in [0.717, 1.165) is 10.2 Å². The molecule has 0 aliphatic carbocycles. The Morgan fingerprint density at radius 2 is 2.12 bits per heavy atom. The number of aromatic nitrogens is 2. The molecule has 0 atom stereocenters. The maximum absolute atomic E-state index is 11.6. The second kappa shape index (κ2) is 5.63. The van der Waals surface area contributed by atoms with Crippen LogP contribution >= 0.6 is 15.9 Å². The second-order valence-corrected chi connectivity index (χ2v) is 4.50. The number of benzene rings is 1. The van der Waals surface area contributed by atoms with Crippen molar-refractivity contribution in [1.82, 2.24) is 9.78 Å². The quantitative estimate of drug-likeness (QED) is 0.942. The van der Waals surface area contributed by atoms with E-state index in [9.17, 15) is 4.79 Å². The van der Waals surface area contributed by atoms with Gasteiger partial charge in [0, 0.05) is 24.8 Å². The van der Waals surface area contributed by atoms with E-state index in [1.165, 1.54) is 0 Å². The number of hydrogen-bond donors (Lipinski definition) is 1. The molecule has 0 aliphatic heterocycles. The number of hydrogen-bond acceptors (Lipinski definition) is 2. The average Bonchev–Trinajstić information content (AvgIpc) is 2.74. The number of anilines is 1. The predicted molar refractivity (Wildman–Crippen MR) is 69.6 cm³/mol. The molecule has 1 aromatic carbocycles. The molecule has 4 nitrogen and oxygen atoms in total.